The summed E-state index contributed by atoms with van der Waals surface area (Å²) in [6.45, 7) is 42.0. The first kappa shape index (κ1) is 54.2. The fourth-order valence-corrected chi connectivity index (χ4v) is 12.1. The summed E-state index contributed by atoms with van der Waals surface area (Å²) >= 11 is 0. The van der Waals surface area contributed by atoms with Gasteiger partial charge in [-0.25, -0.2) is 24.2 Å². The van der Waals surface area contributed by atoms with E-state index in [1.165, 1.54) is 0 Å². The first-order valence-electron chi connectivity index (χ1n) is 27.5. The molecule has 0 aliphatic heterocycles. The summed E-state index contributed by atoms with van der Waals surface area (Å²) in [5.74, 6) is 0. The SMILES string of the molecule is [C-]#[N+]c1cc(C#N)cc(-c2ccc3c(c2)c2cc(-c4cc(C#N)cc(C#N)c4)ccc2n3-c2ccc([N+]#[C-])cc2-c2cc(-c3ccc(C#N)cc3C)ccc2-n2c3ccc(-c4cc(C#N)cc([N+]#[C-])c4)cc3c3cc(-c4cc([N+]#[C-])cc([N+]#[C-])c4)ccc32)c1. The van der Waals surface area contributed by atoms with Gasteiger partial charge in [0.1, 0.15) is 0 Å². The molecule has 0 unspecified atom stereocenters. The van der Waals surface area contributed by atoms with Gasteiger partial charge in [-0.15, -0.1) is 0 Å². The molecule has 2 heterocycles. The highest BCUT2D eigenvalue weighted by molar-refractivity contribution is 6.14. The van der Waals surface area contributed by atoms with Gasteiger partial charge in [-0.05, 0) is 213 Å². The van der Waals surface area contributed by atoms with Crippen LogP contribution in [-0.2, 0) is 0 Å². The van der Waals surface area contributed by atoms with Gasteiger partial charge in [-0.3, -0.25) is 0 Å². The molecule has 89 heavy (non-hydrogen) atoms. The molecule has 2 aromatic heterocycles. The molecular formula is C77H36N12. The van der Waals surface area contributed by atoms with Crippen molar-refractivity contribution in [3.63, 3.8) is 0 Å². The molecule has 13 aromatic rings. The third-order valence-electron chi connectivity index (χ3n) is 16.1. The summed E-state index contributed by atoms with van der Waals surface area (Å²) in [5, 5.41) is 53.5. The monoisotopic (exact) mass is 1130 g/mol. The van der Waals surface area contributed by atoms with E-state index in [2.05, 4.69) is 94.0 Å². The van der Waals surface area contributed by atoms with Gasteiger partial charge in [0.15, 0.2) is 28.4 Å². The molecule has 0 spiro atoms. The van der Waals surface area contributed by atoms with Gasteiger partial charge in [0.05, 0.1) is 113 Å². The first-order chi connectivity index (χ1) is 43.5. The highest BCUT2D eigenvalue weighted by Crippen LogP contribution is 2.47. The molecule has 0 N–H and O–H groups in total. The van der Waals surface area contributed by atoms with E-state index in [1.54, 1.807) is 84.9 Å². The number of aromatic nitrogens is 2. The van der Waals surface area contributed by atoms with Crippen molar-refractivity contribution in [2.75, 3.05) is 0 Å². The van der Waals surface area contributed by atoms with Crippen LogP contribution in [0.1, 0.15) is 33.4 Å². The van der Waals surface area contributed by atoms with Gasteiger partial charge >= 0.3 is 0 Å². The lowest BCUT2D eigenvalue weighted by Gasteiger charge is -2.21. The number of fused-ring (bicyclic) bond motifs is 6. The summed E-state index contributed by atoms with van der Waals surface area (Å²) in [4.78, 5) is 18.8. The van der Waals surface area contributed by atoms with Crippen LogP contribution < -0.4 is 0 Å². The molecule has 12 heteroatoms. The van der Waals surface area contributed by atoms with Crippen LogP contribution in [-0.4, -0.2) is 9.13 Å². The number of rotatable bonds is 8. The topological polar surface area (TPSA) is 151 Å². The van der Waals surface area contributed by atoms with E-state index in [0.717, 1.165) is 93.8 Å². The van der Waals surface area contributed by atoms with Crippen LogP contribution in [0, 0.1) is 96.4 Å². The van der Waals surface area contributed by atoms with Crippen LogP contribution in [0.2, 0.25) is 0 Å². The van der Waals surface area contributed by atoms with Gasteiger partial charge in [-0.2, -0.15) is 26.3 Å². The van der Waals surface area contributed by atoms with E-state index in [9.17, 15) is 26.3 Å². The van der Waals surface area contributed by atoms with E-state index in [0.29, 0.717) is 89.8 Å². The Morgan fingerprint density at radius 1 is 0.270 bits per heavy atom. The molecule has 13 rings (SSSR count). The maximum Gasteiger partial charge on any atom is 0.189 e. The van der Waals surface area contributed by atoms with Crippen molar-refractivity contribution < 1.29 is 0 Å². The second-order valence-corrected chi connectivity index (χ2v) is 21.3. The van der Waals surface area contributed by atoms with Gasteiger partial charge in [0.25, 0.3) is 0 Å². The lowest BCUT2D eigenvalue weighted by atomic mass is 9.93. The van der Waals surface area contributed by atoms with Crippen LogP contribution in [0.4, 0.5) is 28.4 Å². The minimum absolute atomic E-state index is 0.319. The van der Waals surface area contributed by atoms with E-state index < -0.39 is 0 Å². The van der Waals surface area contributed by atoms with Crippen LogP contribution in [0.15, 0.2) is 200 Å². The molecule has 11 aromatic carbocycles. The number of benzene rings is 11. The average Bonchev–Trinajstić information content (AvgIpc) is 1.71. The minimum atomic E-state index is 0.319. The fourth-order valence-electron chi connectivity index (χ4n) is 12.1. The molecule has 0 atom stereocenters. The van der Waals surface area contributed by atoms with Crippen molar-refractivity contribution in [3.8, 4) is 108 Å². The summed E-state index contributed by atoms with van der Waals surface area (Å²) in [5.41, 5.74) is 17.9. The molecule has 0 aliphatic carbocycles. The Kier molecular flexibility index (Phi) is 13.3. The zero-order valence-electron chi connectivity index (χ0n) is 46.9. The molecular weight excluding hydrogens is 1090 g/mol. The predicted octanol–water partition coefficient (Wildman–Crippen LogP) is 20.3. The van der Waals surface area contributed by atoms with Crippen LogP contribution >= 0.6 is 0 Å². The number of aryl methyl sites for hydroxylation is 1. The summed E-state index contributed by atoms with van der Waals surface area (Å²) in [7, 11) is 0. The number of hydrogen-bond donors (Lipinski definition) is 0. The zero-order chi connectivity index (χ0) is 61.6. The van der Waals surface area contributed by atoms with E-state index in [4.69, 9.17) is 32.9 Å². The maximum atomic E-state index is 10.1. The van der Waals surface area contributed by atoms with Gasteiger partial charge in [0, 0.05) is 38.2 Å². The van der Waals surface area contributed by atoms with E-state index >= 15 is 0 Å². The Morgan fingerprint density at radius 3 is 1.01 bits per heavy atom. The smallest absolute Gasteiger partial charge is 0.189 e. The molecule has 404 valence electrons. The van der Waals surface area contributed by atoms with E-state index in [-0.39, 0.29) is 0 Å². The second-order valence-electron chi connectivity index (χ2n) is 21.3. The summed E-state index contributed by atoms with van der Waals surface area (Å²) in [6.07, 6.45) is 0. The normalized spacial score (nSPS) is 10.6. The summed E-state index contributed by atoms with van der Waals surface area (Å²) < 4.78 is 4.36. The highest BCUT2D eigenvalue weighted by atomic mass is 15.0. The molecule has 0 aliphatic rings. The van der Waals surface area contributed by atoms with Crippen LogP contribution in [0.25, 0.3) is 146 Å². The zero-order valence-corrected chi connectivity index (χ0v) is 46.9. The van der Waals surface area contributed by atoms with Crippen molar-refractivity contribution in [2.24, 2.45) is 0 Å². The summed E-state index contributed by atoms with van der Waals surface area (Å²) in [6, 6.07) is 73.0. The van der Waals surface area contributed by atoms with Crippen molar-refractivity contribution in [1.82, 2.24) is 9.13 Å². The molecule has 0 amide bonds. The molecule has 0 saturated carbocycles. The Labute approximate surface area is 510 Å². The lowest BCUT2D eigenvalue weighted by Crippen LogP contribution is -2.02. The quantitative estimate of drug-likeness (QED) is 0.139. The Morgan fingerprint density at radius 2 is 0.618 bits per heavy atom. The van der Waals surface area contributed by atoms with Gasteiger partial charge in [0.2, 0.25) is 0 Å². The Balaban J connectivity index is 1.13. The van der Waals surface area contributed by atoms with Crippen LogP contribution in [0.3, 0.4) is 0 Å². The van der Waals surface area contributed by atoms with Crippen molar-refractivity contribution in [1.29, 1.82) is 26.3 Å². The number of nitrogens with zero attached hydrogens (tertiary/aromatic N) is 12. The second kappa shape index (κ2) is 21.9. The van der Waals surface area contributed by atoms with Crippen LogP contribution in [0.5, 0.6) is 0 Å². The first-order valence-corrected chi connectivity index (χ1v) is 27.5. The fraction of sp³-hybridized carbons (Fsp3) is 0.0130. The number of hydrogen-bond acceptors (Lipinski definition) is 5. The molecule has 0 bridgehead atoms. The molecule has 0 saturated heterocycles. The predicted molar refractivity (Wildman–Crippen MR) is 347 cm³/mol. The van der Waals surface area contributed by atoms with Crippen molar-refractivity contribution in [2.45, 2.75) is 6.92 Å². The Bertz CT molecular complexity index is 5390. The maximum absolute atomic E-state index is 10.1. The van der Waals surface area contributed by atoms with E-state index in [1.807, 2.05) is 91.9 Å². The lowest BCUT2D eigenvalue weighted by molar-refractivity contribution is 1.16. The highest BCUT2D eigenvalue weighted by Gasteiger charge is 2.24. The van der Waals surface area contributed by atoms with Crippen molar-refractivity contribution in [3.05, 3.63) is 291 Å². The minimum Gasteiger partial charge on any atom is -0.309 e. The van der Waals surface area contributed by atoms with Gasteiger partial charge in [-0.1, -0.05) is 60.7 Å². The third kappa shape index (κ3) is 9.47. The standard InChI is InChI=1S/C77H36N12/c1-45-21-46(40-78)7-14-65(45)55-12-19-76(88-72-16-9-52(57-25-49(43-81)27-61(29-57)84-3)35-68(72)69-36-54(11-18-73(69)88)59-31-63(86-5)38-64(32-59)87-6)70(37-55)71-39-60(83-2)13-20-77(71)89-74-15-8-51(56-23-47(41-79)22-48(24-56)42-80)33-66(74)67-34-53(10-17-75(67)89)58-26-50(44-82)28-62(30-58)85-4/h7-39H,1H3. The average molecular weight is 1130 g/mol. The van der Waals surface area contributed by atoms with Crippen molar-refractivity contribution >= 4 is 72.0 Å². The Hall–Kier alpha value is -14.1. The van der Waals surface area contributed by atoms with Gasteiger partial charge < -0.3 is 9.13 Å². The third-order valence-corrected chi connectivity index (χ3v) is 16.1. The number of nitriles is 5. The molecule has 0 fully saturated rings. The molecule has 12 nitrogen and oxygen atoms in total. The largest absolute Gasteiger partial charge is 0.309 e. The molecule has 0 radical (unpaired) electrons.